The maximum Gasteiger partial charge on any atom is 0.207 e. The maximum absolute atomic E-state index is 7.08. The normalized spacial score (nSPS) is 25.7. The zero-order chi connectivity index (χ0) is 16.8. The Morgan fingerprint density at radius 1 is 0.955 bits per heavy atom. The van der Waals surface area contributed by atoms with Crippen molar-refractivity contribution < 1.29 is 4.43 Å². The van der Waals surface area contributed by atoms with Crippen LogP contribution in [0.2, 0.25) is 15.6 Å². The van der Waals surface area contributed by atoms with Gasteiger partial charge in [0.25, 0.3) is 0 Å². The van der Waals surface area contributed by atoms with E-state index in [1.54, 1.807) is 0 Å². The van der Waals surface area contributed by atoms with Crippen molar-refractivity contribution in [3.8, 4) is 0 Å². The highest BCUT2D eigenvalue weighted by Gasteiger charge is 2.64. The summed E-state index contributed by atoms with van der Waals surface area (Å²) in [4.78, 5) is 0. The lowest BCUT2D eigenvalue weighted by molar-refractivity contribution is 0.201. The van der Waals surface area contributed by atoms with E-state index in [-0.39, 0.29) is 16.2 Å². The molecule has 1 saturated heterocycles. The lowest BCUT2D eigenvalue weighted by atomic mass is 9.99. The second-order valence-corrected chi connectivity index (χ2v) is 14.8. The summed E-state index contributed by atoms with van der Waals surface area (Å²) in [6.45, 7) is 19.2. The molecule has 0 aliphatic carbocycles. The number of rotatable bonds is 2. The van der Waals surface area contributed by atoms with Crippen LogP contribution in [0.1, 0.15) is 73.5 Å². The highest BCUT2D eigenvalue weighted by molar-refractivity contribution is 6.81. The van der Waals surface area contributed by atoms with E-state index in [9.17, 15) is 0 Å². The van der Waals surface area contributed by atoms with Crippen LogP contribution in [0, 0.1) is 5.92 Å². The highest BCUT2D eigenvalue weighted by Crippen LogP contribution is 2.66. The zero-order valence-electron chi connectivity index (χ0n) is 15.7. The molecule has 0 saturated carbocycles. The first kappa shape index (κ1) is 17.7. The third-order valence-electron chi connectivity index (χ3n) is 5.52. The molecule has 0 spiro atoms. The lowest BCUT2D eigenvalue weighted by Gasteiger charge is -2.52. The van der Waals surface area contributed by atoms with Gasteiger partial charge >= 0.3 is 0 Å². The minimum absolute atomic E-state index is 0.240. The molecule has 1 aromatic carbocycles. The molecule has 1 aromatic rings. The zero-order valence-corrected chi connectivity index (χ0v) is 16.7. The summed E-state index contributed by atoms with van der Waals surface area (Å²) in [5.41, 5.74) is 2.06. The lowest BCUT2D eigenvalue weighted by Crippen LogP contribution is -2.56. The van der Waals surface area contributed by atoms with Crippen molar-refractivity contribution >= 4 is 8.32 Å². The van der Waals surface area contributed by atoms with Crippen molar-refractivity contribution in [2.24, 2.45) is 5.92 Å². The topological polar surface area (TPSA) is 9.23 Å². The van der Waals surface area contributed by atoms with Crippen molar-refractivity contribution in [2.75, 3.05) is 0 Å². The molecule has 0 bridgehead atoms. The Bertz CT molecular complexity index is 479. The van der Waals surface area contributed by atoms with Crippen LogP contribution < -0.4 is 0 Å². The standard InChI is InChI=1S/C20H34OSi/c1-15(2)18-14-17(16-12-10-9-11-13-16)21-22(18,19(3,4)5)20(6,7)8/h9-13,15,17-18H,14H2,1-8H3/t17?,18-/m0/s1. The molecule has 1 heterocycles. The van der Waals surface area contributed by atoms with Crippen LogP contribution in [0.15, 0.2) is 30.3 Å². The van der Waals surface area contributed by atoms with E-state index in [1.165, 1.54) is 12.0 Å². The molecule has 2 heteroatoms. The van der Waals surface area contributed by atoms with Gasteiger partial charge < -0.3 is 4.43 Å². The van der Waals surface area contributed by atoms with E-state index in [4.69, 9.17) is 4.43 Å². The van der Waals surface area contributed by atoms with E-state index in [2.05, 4.69) is 85.7 Å². The molecule has 1 fully saturated rings. The van der Waals surface area contributed by atoms with Crippen LogP contribution in [-0.4, -0.2) is 8.32 Å². The number of benzene rings is 1. The quantitative estimate of drug-likeness (QED) is 0.550. The third kappa shape index (κ3) is 2.80. The second kappa shape index (κ2) is 5.79. The molecule has 22 heavy (non-hydrogen) atoms. The number of hydrogen-bond donors (Lipinski definition) is 0. The fourth-order valence-corrected chi connectivity index (χ4v) is 12.5. The minimum Gasteiger partial charge on any atom is -0.409 e. The maximum atomic E-state index is 7.08. The largest absolute Gasteiger partial charge is 0.409 e. The smallest absolute Gasteiger partial charge is 0.207 e. The van der Waals surface area contributed by atoms with Crippen LogP contribution in [-0.2, 0) is 4.43 Å². The van der Waals surface area contributed by atoms with Crippen molar-refractivity contribution in [2.45, 2.75) is 83.5 Å². The van der Waals surface area contributed by atoms with Gasteiger partial charge in [-0.2, -0.15) is 0 Å². The molecule has 2 rings (SSSR count). The Balaban J connectivity index is 2.52. The molecule has 0 aromatic heterocycles. The highest BCUT2D eigenvalue weighted by atomic mass is 28.4. The molecule has 124 valence electrons. The predicted octanol–water partition coefficient (Wildman–Crippen LogP) is 6.72. The van der Waals surface area contributed by atoms with Gasteiger partial charge in [0.15, 0.2) is 0 Å². The summed E-state index contributed by atoms with van der Waals surface area (Å²) in [5.74, 6) is 0.679. The summed E-state index contributed by atoms with van der Waals surface area (Å²) >= 11 is 0. The Morgan fingerprint density at radius 2 is 1.45 bits per heavy atom. The first-order valence-electron chi connectivity index (χ1n) is 8.73. The van der Waals surface area contributed by atoms with Gasteiger partial charge in [-0.3, -0.25) is 0 Å². The van der Waals surface area contributed by atoms with Crippen molar-refractivity contribution in [1.29, 1.82) is 0 Å². The molecule has 1 nitrogen and oxygen atoms in total. The van der Waals surface area contributed by atoms with Gasteiger partial charge in [-0.25, -0.2) is 0 Å². The Labute approximate surface area is 138 Å². The van der Waals surface area contributed by atoms with Crippen molar-refractivity contribution in [3.63, 3.8) is 0 Å². The predicted molar refractivity (Wildman–Crippen MR) is 98.7 cm³/mol. The average molecular weight is 319 g/mol. The van der Waals surface area contributed by atoms with Crippen LogP contribution in [0.5, 0.6) is 0 Å². The summed E-state index contributed by atoms with van der Waals surface area (Å²) in [7, 11) is -1.97. The molecule has 1 unspecified atom stereocenters. The summed E-state index contributed by atoms with van der Waals surface area (Å²) < 4.78 is 7.08. The Hall–Kier alpha value is -0.603. The molecule has 2 atom stereocenters. The van der Waals surface area contributed by atoms with Gasteiger partial charge in [0.1, 0.15) is 0 Å². The SMILES string of the molecule is CC(C)[C@@H]1CC(c2ccccc2)O[Si]1(C(C)(C)C)C(C)(C)C. The van der Waals surface area contributed by atoms with Gasteiger partial charge in [-0.15, -0.1) is 0 Å². The number of hydrogen-bond acceptors (Lipinski definition) is 1. The fourth-order valence-electron chi connectivity index (χ4n) is 4.96. The van der Waals surface area contributed by atoms with Crippen LogP contribution in [0.25, 0.3) is 0 Å². The summed E-state index contributed by atoms with van der Waals surface area (Å²) in [6.07, 6.45) is 1.46. The van der Waals surface area contributed by atoms with E-state index in [0.717, 1.165) is 0 Å². The van der Waals surface area contributed by atoms with Crippen LogP contribution >= 0.6 is 0 Å². The summed E-state index contributed by atoms with van der Waals surface area (Å²) in [6, 6.07) is 10.8. The first-order chi connectivity index (χ1) is 10.0. The summed E-state index contributed by atoms with van der Waals surface area (Å²) in [5, 5.41) is 0.480. The second-order valence-electron chi connectivity index (χ2n) is 9.34. The Morgan fingerprint density at radius 3 is 1.82 bits per heavy atom. The molecule has 0 amide bonds. The molecule has 0 radical (unpaired) electrons. The van der Waals surface area contributed by atoms with Gasteiger partial charge in [-0.05, 0) is 33.5 Å². The average Bonchev–Trinajstić information content (AvgIpc) is 2.80. The minimum atomic E-state index is -1.97. The monoisotopic (exact) mass is 318 g/mol. The molecule has 1 aliphatic heterocycles. The van der Waals surface area contributed by atoms with Gasteiger partial charge in [-0.1, -0.05) is 85.7 Å². The van der Waals surface area contributed by atoms with Crippen LogP contribution in [0.4, 0.5) is 0 Å². The van der Waals surface area contributed by atoms with E-state index < -0.39 is 8.32 Å². The van der Waals surface area contributed by atoms with Crippen LogP contribution in [0.3, 0.4) is 0 Å². The first-order valence-corrected chi connectivity index (χ1v) is 10.7. The van der Waals surface area contributed by atoms with E-state index in [0.29, 0.717) is 11.5 Å². The molecular formula is C20H34OSi. The molecular weight excluding hydrogens is 284 g/mol. The van der Waals surface area contributed by atoms with Crippen molar-refractivity contribution in [1.82, 2.24) is 0 Å². The fraction of sp³-hybridized carbons (Fsp3) is 0.700. The van der Waals surface area contributed by atoms with E-state index >= 15 is 0 Å². The van der Waals surface area contributed by atoms with Gasteiger partial charge in [0.05, 0.1) is 6.10 Å². The molecule has 1 aliphatic rings. The van der Waals surface area contributed by atoms with Gasteiger partial charge in [0.2, 0.25) is 8.32 Å². The Kier molecular flexibility index (Phi) is 4.67. The van der Waals surface area contributed by atoms with Crippen molar-refractivity contribution in [3.05, 3.63) is 35.9 Å². The van der Waals surface area contributed by atoms with Gasteiger partial charge in [0, 0.05) is 0 Å². The molecule has 0 N–H and O–H groups in total. The van der Waals surface area contributed by atoms with E-state index in [1.807, 2.05) is 0 Å². The third-order valence-corrected chi connectivity index (χ3v) is 12.6.